The van der Waals surface area contributed by atoms with Crippen LogP contribution in [0.5, 0.6) is 11.5 Å². The van der Waals surface area contributed by atoms with E-state index < -0.39 is 0 Å². The van der Waals surface area contributed by atoms with Crippen molar-refractivity contribution in [1.82, 2.24) is 5.43 Å². The number of methoxy groups -OCH3 is 2. The molecule has 0 aliphatic heterocycles. The Bertz CT molecular complexity index is 721. The van der Waals surface area contributed by atoms with Crippen LogP contribution in [0.4, 0.5) is 0 Å². The maximum atomic E-state index is 12.6. The molecule has 5 rings (SSSR count). The van der Waals surface area contributed by atoms with Crippen LogP contribution in [0.15, 0.2) is 23.3 Å². The lowest BCUT2D eigenvalue weighted by Gasteiger charge is -2.56. The first-order valence-corrected chi connectivity index (χ1v) is 10.1. The highest BCUT2D eigenvalue weighted by Gasteiger charge is 2.51. The molecule has 27 heavy (non-hydrogen) atoms. The van der Waals surface area contributed by atoms with E-state index in [1.165, 1.54) is 38.5 Å². The highest BCUT2D eigenvalue weighted by Crippen LogP contribution is 2.61. The number of benzene rings is 1. The smallest absolute Gasteiger partial charge is 0.240 e. The molecule has 1 aromatic carbocycles. The van der Waals surface area contributed by atoms with Gasteiger partial charge < -0.3 is 9.47 Å². The average Bonchev–Trinajstić information content (AvgIpc) is 2.64. The lowest BCUT2D eigenvalue weighted by atomic mass is 9.49. The largest absolute Gasteiger partial charge is 0.497 e. The number of carbonyl (C=O) groups is 1. The van der Waals surface area contributed by atoms with Gasteiger partial charge in [-0.25, -0.2) is 5.43 Å². The van der Waals surface area contributed by atoms with Gasteiger partial charge >= 0.3 is 0 Å². The van der Waals surface area contributed by atoms with Crippen LogP contribution in [0.2, 0.25) is 0 Å². The summed E-state index contributed by atoms with van der Waals surface area (Å²) in [5.74, 6) is 4.04. The number of carbonyl (C=O) groups excluding carboxylic acids is 1. The van der Waals surface area contributed by atoms with Crippen LogP contribution in [-0.4, -0.2) is 25.8 Å². The monoisotopic (exact) mass is 370 g/mol. The molecule has 4 bridgehead atoms. The number of nitrogens with one attached hydrogen (secondary N) is 1. The summed E-state index contributed by atoms with van der Waals surface area (Å²) in [5, 5.41) is 4.35. The third-order valence-corrected chi connectivity index (χ3v) is 6.85. The van der Waals surface area contributed by atoms with Crippen LogP contribution in [0, 0.1) is 23.2 Å². The number of ether oxygens (including phenoxy) is 2. The molecule has 0 saturated heterocycles. The van der Waals surface area contributed by atoms with Crippen LogP contribution in [0.25, 0.3) is 0 Å². The molecule has 0 spiro atoms. The van der Waals surface area contributed by atoms with Gasteiger partial charge in [0.1, 0.15) is 11.5 Å². The fraction of sp³-hybridized carbons (Fsp3) is 0.636. The topological polar surface area (TPSA) is 59.9 Å². The number of hydrogen-bond acceptors (Lipinski definition) is 4. The van der Waals surface area contributed by atoms with E-state index in [9.17, 15) is 4.79 Å². The molecule has 4 fully saturated rings. The predicted molar refractivity (Wildman–Crippen MR) is 105 cm³/mol. The van der Waals surface area contributed by atoms with Crippen molar-refractivity contribution in [1.29, 1.82) is 0 Å². The molecule has 5 nitrogen and oxygen atoms in total. The lowest BCUT2D eigenvalue weighted by Crippen LogP contribution is -2.47. The number of hydrogen-bond donors (Lipinski definition) is 1. The van der Waals surface area contributed by atoms with Gasteiger partial charge in [-0.2, -0.15) is 5.10 Å². The fourth-order valence-corrected chi connectivity index (χ4v) is 6.19. The first kappa shape index (κ1) is 18.3. The molecule has 1 N–H and O–H groups in total. The van der Waals surface area contributed by atoms with Crippen molar-refractivity contribution in [2.24, 2.45) is 28.3 Å². The second kappa shape index (κ2) is 7.17. The second-order valence-corrected chi connectivity index (χ2v) is 8.89. The molecule has 0 heterocycles. The molecule has 1 aromatic rings. The molecular weight excluding hydrogens is 340 g/mol. The average molecular weight is 370 g/mol. The zero-order valence-electron chi connectivity index (χ0n) is 16.6. The molecule has 0 atom stereocenters. The molecule has 1 amide bonds. The minimum atomic E-state index is 0.0452. The molecule has 5 heteroatoms. The van der Waals surface area contributed by atoms with Crippen molar-refractivity contribution in [3.8, 4) is 11.5 Å². The maximum absolute atomic E-state index is 12.6. The molecule has 4 aliphatic rings. The lowest BCUT2D eigenvalue weighted by molar-refractivity contribution is -0.129. The van der Waals surface area contributed by atoms with Crippen LogP contribution in [0.3, 0.4) is 0 Å². The number of nitrogens with zero attached hydrogens (tertiary/aromatic N) is 1. The zero-order chi connectivity index (χ0) is 19.0. The zero-order valence-corrected chi connectivity index (χ0v) is 16.6. The van der Waals surface area contributed by atoms with E-state index in [1.54, 1.807) is 14.2 Å². The van der Waals surface area contributed by atoms with E-state index in [-0.39, 0.29) is 11.3 Å². The standard InChI is InChI=1S/C22H30N2O3/c1-14(19-5-4-18(26-2)9-20(19)27-3)23-24-21(25)13-22-10-15-6-16(11-22)8-17(7-15)12-22/h4-5,9,15-17H,6-8,10-13H2,1-3H3,(H,24,25)/b23-14-. The Morgan fingerprint density at radius 1 is 1.11 bits per heavy atom. The minimum Gasteiger partial charge on any atom is -0.497 e. The maximum Gasteiger partial charge on any atom is 0.240 e. The Morgan fingerprint density at radius 2 is 1.74 bits per heavy atom. The van der Waals surface area contributed by atoms with Crippen molar-refractivity contribution in [3.63, 3.8) is 0 Å². The Kier molecular flexibility index (Phi) is 4.87. The summed E-state index contributed by atoms with van der Waals surface area (Å²) in [4.78, 5) is 12.6. The second-order valence-electron chi connectivity index (χ2n) is 8.89. The summed E-state index contributed by atoms with van der Waals surface area (Å²) in [6.07, 6.45) is 8.53. The van der Waals surface area contributed by atoms with Crippen LogP contribution in [-0.2, 0) is 4.79 Å². The number of amides is 1. The highest BCUT2D eigenvalue weighted by molar-refractivity contribution is 6.01. The molecular formula is C22H30N2O3. The van der Waals surface area contributed by atoms with Crippen LogP contribution < -0.4 is 14.9 Å². The van der Waals surface area contributed by atoms with Crippen molar-refractivity contribution in [2.45, 2.75) is 51.9 Å². The first-order valence-electron chi connectivity index (χ1n) is 10.1. The van der Waals surface area contributed by atoms with Gasteiger partial charge in [-0.3, -0.25) is 4.79 Å². The van der Waals surface area contributed by atoms with E-state index in [0.29, 0.717) is 12.2 Å². The van der Waals surface area contributed by atoms with Gasteiger partial charge in [0, 0.05) is 18.1 Å². The van der Waals surface area contributed by atoms with Gasteiger partial charge in [0.2, 0.25) is 5.91 Å². The minimum absolute atomic E-state index is 0.0452. The van der Waals surface area contributed by atoms with E-state index in [4.69, 9.17) is 9.47 Å². The van der Waals surface area contributed by atoms with Gasteiger partial charge in [0.25, 0.3) is 0 Å². The number of hydrazone groups is 1. The van der Waals surface area contributed by atoms with E-state index in [1.807, 2.05) is 25.1 Å². The van der Waals surface area contributed by atoms with E-state index >= 15 is 0 Å². The van der Waals surface area contributed by atoms with E-state index in [2.05, 4.69) is 10.5 Å². The Labute approximate surface area is 161 Å². The van der Waals surface area contributed by atoms with E-state index in [0.717, 1.165) is 34.8 Å². The summed E-state index contributed by atoms with van der Waals surface area (Å²) in [6, 6.07) is 5.60. The van der Waals surface area contributed by atoms with Gasteiger partial charge in [-0.1, -0.05) is 0 Å². The molecule has 0 radical (unpaired) electrons. The molecule has 0 aromatic heterocycles. The first-order chi connectivity index (χ1) is 13.0. The van der Waals surface area contributed by atoms with Gasteiger partial charge in [-0.05, 0) is 80.8 Å². The Balaban J connectivity index is 1.41. The van der Waals surface area contributed by atoms with Crippen molar-refractivity contribution < 1.29 is 14.3 Å². The molecule has 4 aliphatic carbocycles. The summed E-state index contributed by atoms with van der Waals surface area (Å²) >= 11 is 0. The van der Waals surface area contributed by atoms with Crippen molar-refractivity contribution in [3.05, 3.63) is 23.8 Å². The van der Waals surface area contributed by atoms with Crippen LogP contribution in [0.1, 0.15) is 57.4 Å². The highest BCUT2D eigenvalue weighted by atomic mass is 16.5. The quantitative estimate of drug-likeness (QED) is 0.604. The normalized spacial score (nSPS) is 31.7. The van der Waals surface area contributed by atoms with Crippen LogP contribution >= 0.6 is 0 Å². The summed E-state index contributed by atoms with van der Waals surface area (Å²) in [7, 11) is 3.25. The van der Waals surface area contributed by atoms with Gasteiger partial charge in [-0.15, -0.1) is 0 Å². The Morgan fingerprint density at radius 3 is 2.30 bits per heavy atom. The van der Waals surface area contributed by atoms with Gasteiger partial charge in [0.15, 0.2) is 0 Å². The van der Waals surface area contributed by atoms with Crippen molar-refractivity contribution in [2.75, 3.05) is 14.2 Å². The predicted octanol–water partition coefficient (Wildman–Crippen LogP) is 4.15. The van der Waals surface area contributed by atoms with Crippen molar-refractivity contribution >= 4 is 11.6 Å². The molecule has 4 saturated carbocycles. The summed E-state index contributed by atoms with van der Waals surface area (Å²) in [6.45, 7) is 1.88. The van der Waals surface area contributed by atoms with Gasteiger partial charge in [0.05, 0.1) is 19.9 Å². The third-order valence-electron chi connectivity index (χ3n) is 6.85. The molecule has 0 unspecified atom stereocenters. The Hall–Kier alpha value is -2.04. The summed E-state index contributed by atoms with van der Waals surface area (Å²) < 4.78 is 10.7. The fourth-order valence-electron chi connectivity index (χ4n) is 6.19. The molecule has 146 valence electrons. The number of rotatable bonds is 6. The SMILES string of the molecule is COc1ccc(/C(C)=N\NC(=O)CC23CC4CC(CC(C4)C2)C3)c(OC)c1. The third kappa shape index (κ3) is 3.69. The summed E-state index contributed by atoms with van der Waals surface area (Å²) in [5.41, 5.74) is 4.62.